The highest BCUT2D eigenvalue weighted by Crippen LogP contribution is 2.17. The minimum Gasteiger partial charge on any atom is -0.332 e. The van der Waals surface area contributed by atoms with Crippen molar-refractivity contribution in [3.8, 4) is 0 Å². The minimum atomic E-state index is 0.302. The molecule has 0 aliphatic heterocycles. The molecule has 3 aromatic rings. The normalized spacial score (nSPS) is 12.3. The third-order valence-corrected chi connectivity index (χ3v) is 5.67. The van der Waals surface area contributed by atoms with E-state index in [4.69, 9.17) is 16.6 Å². The van der Waals surface area contributed by atoms with Crippen molar-refractivity contribution in [1.29, 1.82) is 0 Å². The standard InChI is InChI=1S/C28H32ClN5/c1-5-30-28(32-26-15-11-23(12-16-26)18-27-8-6-7-17-31-27)33-34(19-22(4)21(2)3)20-24-9-13-25(29)14-10-24/h5-17,22H,1-2,18-20H2,3-4H3,(H2,30,32,33). The van der Waals surface area contributed by atoms with Crippen LogP contribution in [0.5, 0.6) is 0 Å². The van der Waals surface area contributed by atoms with Gasteiger partial charge in [0.1, 0.15) is 0 Å². The molecule has 176 valence electrons. The molecular formula is C28H32ClN5. The number of halogens is 1. The molecule has 0 fully saturated rings. The van der Waals surface area contributed by atoms with Crippen LogP contribution in [-0.4, -0.2) is 22.5 Å². The smallest absolute Gasteiger partial charge is 0.215 e. The van der Waals surface area contributed by atoms with Crippen LogP contribution in [-0.2, 0) is 13.0 Å². The van der Waals surface area contributed by atoms with E-state index in [1.807, 2.05) is 60.8 Å². The zero-order chi connectivity index (χ0) is 24.3. The Labute approximate surface area is 207 Å². The lowest BCUT2D eigenvalue weighted by atomic mass is 10.0. The first kappa shape index (κ1) is 25.2. The number of nitrogens with one attached hydrogen (secondary N) is 2. The highest BCUT2D eigenvalue weighted by atomic mass is 35.5. The van der Waals surface area contributed by atoms with Crippen molar-refractivity contribution in [2.24, 2.45) is 10.9 Å². The molecule has 0 saturated carbocycles. The van der Waals surface area contributed by atoms with Crippen LogP contribution in [0.1, 0.15) is 30.7 Å². The van der Waals surface area contributed by atoms with Gasteiger partial charge in [-0.1, -0.05) is 67.6 Å². The molecule has 34 heavy (non-hydrogen) atoms. The SMILES string of the molecule is C=CN/C(=N/c1ccc(Cc2ccccn2)cc1)NN(Cc1ccc(Cl)cc1)CC(C)C(=C)C. The Morgan fingerprint density at radius 3 is 2.41 bits per heavy atom. The molecule has 0 aliphatic rings. The highest BCUT2D eigenvalue weighted by Gasteiger charge is 2.14. The molecule has 2 aromatic carbocycles. The van der Waals surface area contributed by atoms with Crippen molar-refractivity contribution in [1.82, 2.24) is 20.7 Å². The predicted octanol–water partition coefficient (Wildman–Crippen LogP) is 6.27. The minimum absolute atomic E-state index is 0.302. The predicted molar refractivity (Wildman–Crippen MR) is 143 cm³/mol. The fourth-order valence-corrected chi connectivity index (χ4v) is 3.44. The summed E-state index contributed by atoms with van der Waals surface area (Å²) in [6.07, 6.45) is 4.22. The maximum absolute atomic E-state index is 6.06. The van der Waals surface area contributed by atoms with Gasteiger partial charge in [-0.25, -0.2) is 10.0 Å². The zero-order valence-electron chi connectivity index (χ0n) is 19.8. The summed E-state index contributed by atoms with van der Waals surface area (Å²) in [6.45, 7) is 13.6. The molecule has 2 N–H and O–H groups in total. The molecule has 0 radical (unpaired) electrons. The van der Waals surface area contributed by atoms with E-state index in [1.165, 1.54) is 5.56 Å². The summed E-state index contributed by atoms with van der Waals surface area (Å²) in [7, 11) is 0. The number of aromatic nitrogens is 1. The first-order chi connectivity index (χ1) is 16.4. The summed E-state index contributed by atoms with van der Waals surface area (Å²) >= 11 is 6.06. The number of rotatable bonds is 10. The second kappa shape index (κ2) is 12.7. The van der Waals surface area contributed by atoms with E-state index in [2.05, 4.69) is 59.9 Å². The van der Waals surface area contributed by atoms with Gasteiger partial charge in [-0.15, -0.1) is 0 Å². The first-order valence-corrected chi connectivity index (χ1v) is 11.7. The monoisotopic (exact) mass is 473 g/mol. The van der Waals surface area contributed by atoms with E-state index in [1.54, 1.807) is 6.20 Å². The Kier molecular flexibility index (Phi) is 9.44. The van der Waals surface area contributed by atoms with Crippen LogP contribution in [0.15, 0.2) is 103 Å². The molecule has 1 aromatic heterocycles. The Morgan fingerprint density at radius 1 is 1.09 bits per heavy atom. The van der Waals surface area contributed by atoms with Gasteiger partial charge >= 0.3 is 0 Å². The summed E-state index contributed by atoms with van der Waals surface area (Å²) in [6, 6.07) is 22.0. The second-order valence-corrected chi connectivity index (χ2v) is 8.78. The molecular weight excluding hydrogens is 442 g/mol. The third kappa shape index (κ3) is 8.18. The van der Waals surface area contributed by atoms with Gasteiger partial charge in [-0.2, -0.15) is 0 Å². The molecule has 1 heterocycles. The number of guanidine groups is 1. The number of benzene rings is 2. The van der Waals surface area contributed by atoms with Gasteiger partial charge in [0.2, 0.25) is 5.96 Å². The average molecular weight is 474 g/mol. The quantitative estimate of drug-likeness (QED) is 0.158. The largest absolute Gasteiger partial charge is 0.332 e. The van der Waals surface area contributed by atoms with Crippen molar-refractivity contribution < 1.29 is 0 Å². The fraction of sp³-hybridized carbons (Fsp3) is 0.214. The van der Waals surface area contributed by atoms with Gasteiger partial charge in [-0.3, -0.25) is 10.4 Å². The molecule has 1 unspecified atom stereocenters. The fourth-order valence-electron chi connectivity index (χ4n) is 3.31. The van der Waals surface area contributed by atoms with Crippen LogP contribution in [0.2, 0.25) is 5.02 Å². The highest BCUT2D eigenvalue weighted by molar-refractivity contribution is 6.30. The van der Waals surface area contributed by atoms with Gasteiger partial charge in [0.05, 0.1) is 5.69 Å². The van der Waals surface area contributed by atoms with Crippen molar-refractivity contribution in [3.63, 3.8) is 0 Å². The molecule has 0 amide bonds. The summed E-state index contributed by atoms with van der Waals surface area (Å²) in [5.74, 6) is 0.894. The maximum Gasteiger partial charge on any atom is 0.215 e. The molecule has 3 rings (SSSR count). The van der Waals surface area contributed by atoms with E-state index in [-0.39, 0.29) is 0 Å². The number of pyridine rings is 1. The van der Waals surface area contributed by atoms with Crippen LogP contribution in [0.4, 0.5) is 5.69 Å². The van der Waals surface area contributed by atoms with Crippen LogP contribution in [0.3, 0.4) is 0 Å². The lowest BCUT2D eigenvalue weighted by molar-refractivity contribution is 0.202. The van der Waals surface area contributed by atoms with Crippen LogP contribution >= 0.6 is 11.6 Å². The first-order valence-electron chi connectivity index (χ1n) is 11.3. The maximum atomic E-state index is 6.06. The van der Waals surface area contributed by atoms with Crippen molar-refractivity contribution in [2.45, 2.75) is 26.8 Å². The van der Waals surface area contributed by atoms with E-state index in [9.17, 15) is 0 Å². The molecule has 5 nitrogen and oxygen atoms in total. The van der Waals surface area contributed by atoms with E-state index < -0.39 is 0 Å². The van der Waals surface area contributed by atoms with E-state index in [0.29, 0.717) is 18.4 Å². The Morgan fingerprint density at radius 2 is 1.79 bits per heavy atom. The summed E-state index contributed by atoms with van der Waals surface area (Å²) in [5, 5.41) is 5.96. The number of hydrogen-bond donors (Lipinski definition) is 2. The van der Waals surface area contributed by atoms with Crippen LogP contribution < -0.4 is 10.7 Å². The summed E-state index contributed by atoms with van der Waals surface area (Å²) < 4.78 is 0. The molecule has 0 aliphatic carbocycles. The topological polar surface area (TPSA) is 52.6 Å². The van der Waals surface area contributed by atoms with Crippen molar-refractivity contribution in [2.75, 3.05) is 6.54 Å². The molecule has 0 spiro atoms. The summed E-state index contributed by atoms with van der Waals surface area (Å²) in [4.78, 5) is 9.17. The average Bonchev–Trinajstić information content (AvgIpc) is 2.82. The Hall–Kier alpha value is -3.41. The molecule has 1 atom stereocenters. The Balaban J connectivity index is 1.75. The molecule has 6 heteroatoms. The van der Waals surface area contributed by atoms with Crippen LogP contribution in [0, 0.1) is 5.92 Å². The molecule has 0 saturated heterocycles. The molecule has 0 bridgehead atoms. The van der Waals surface area contributed by atoms with Gasteiger partial charge in [0.25, 0.3) is 0 Å². The van der Waals surface area contributed by atoms with Crippen molar-refractivity contribution >= 4 is 23.2 Å². The Bertz CT molecular complexity index is 1090. The van der Waals surface area contributed by atoms with Crippen molar-refractivity contribution in [3.05, 3.63) is 120 Å². The summed E-state index contributed by atoms with van der Waals surface area (Å²) in [5.41, 5.74) is 8.75. The van der Waals surface area contributed by atoms with Gasteiger partial charge in [0, 0.05) is 36.4 Å². The number of hydrogen-bond acceptors (Lipinski definition) is 3. The number of aliphatic imine (C=N–C) groups is 1. The van der Waals surface area contributed by atoms with E-state index in [0.717, 1.165) is 40.5 Å². The second-order valence-electron chi connectivity index (χ2n) is 8.34. The number of nitrogens with zero attached hydrogens (tertiary/aromatic N) is 3. The lowest BCUT2D eigenvalue weighted by Gasteiger charge is -2.28. The van der Waals surface area contributed by atoms with Gasteiger partial charge in [0.15, 0.2) is 0 Å². The van der Waals surface area contributed by atoms with Gasteiger partial charge in [-0.05, 0) is 66.6 Å². The lowest BCUT2D eigenvalue weighted by Crippen LogP contribution is -2.48. The van der Waals surface area contributed by atoms with E-state index >= 15 is 0 Å². The number of hydrazine groups is 1. The van der Waals surface area contributed by atoms with Gasteiger partial charge < -0.3 is 5.32 Å². The third-order valence-electron chi connectivity index (χ3n) is 5.41. The zero-order valence-corrected chi connectivity index (χ0v) is 20.6. The van der Waals surface area contributed by atoms with Crippen LogP contribution in [0.25, 0.3) is 0 Å².